The van der Waals surface area contributed by atoms with Gasteiger partial charge in [0.15, 0.2) is 0 Å². The van der Waals surface area contributed by atoms with E-state index >= 15 is 0 Å². The van der Waals surface area contributed by atoms with Crippen LogP contribution < -0.4 is 5.32 Å². The Labute approximate surface area is 112 Å². The summed E-state index contributed by atoms with van der Waals surface area (Å²) in [7, 11) is 0. The molecule has 0 bridgehead atoms. The summed E-state index contributed by atoms with van der Waals surface area (Å²) in [5, 5.41) is 20.8. The number of aliphatic carboxylic acids is 1. The lowest BCUT2D eigenvalue weighted by atomic mass is 10.1. The number of carboxylic acids is 1. The van der Waals surface area contributed by atoms with Gasteiger partial charge in [-0.25, -0.2) is 0 Å². The topological polar surface area (TPSA) is 86.6 Å². The number of carbonyl (C=O) groups excluding carboxylic acids is 1. The molecule has 0 fully saturated rings. The number of aromatic hydroxyl groups is 1. The molecule has 5 heteroatoms. The number of hydrogen-bond acceptors (Lipinski definition) is 3. The van der Waals surface area contributed by atoms with Gasteiger partial charge in [-0.2, -0.15) is 0 Å². The number of carbonyl (C=O) groups is 2. The number of phenols is 1. The molecule has 0 spiro atoms. The second kappa shape index (κ2) is 7.41. The van der Waals surface area contributed by atoms with E-state index in [0.29, 0.717) is 12.0 Å². The van der Waals surface area contributed by atoms with E-state index in [1.165, 1.54) is 12.1 Å². The van der Waals surface area contributed by atoms with Crippen LogP contribution in [0.25, 0.3) is 0 Å². The first-order chi connectivity index (χ1) is 9.01. The van der Waals surface area contributed by atoms with E-state index in [4.69, 9.17) is 5.11 Å². The summed E-state index contributed by atoms with van der Waals surface area (Å²) < 4.78 is 0. The summed E-state index contributed by atoms with van der Waals surface area (Å²) in [4.78, 5) is 22.5. The minimum atomic E-state index is -0.920. The average molecular weight is 265 g/mol. The molecule has 0 aromatic heterocycles. The van der Waals surface area contributed by atoms with Crippen molar-refractivity contribution >= 4 is 11.9 Å². The van der Waals surface area contributed by atoms with Crippen molar-refractivity contribution in [1.29, 1.82) is 0 Å². The summed E-state index contributed by atoms with van der Waals surface area (Å²) >= 11 is 0. The SMILES string of the molecule is CCCC(CC(=O)O)NC(=O)Cc1cccc(O)c1. The normalized spacial score (nSPS) is 11.8. The predicted molar refractivity (Wildman–Crippen MR) is 70.9 cm³/mol. The molecule has 3 N–H and O–H groups in total. The van der Waals surface area contributed by atoms with Crippen molar-refractivity contribution in [3.8, 4) is 5.75 Å². The fourth-order valence-corrected chi connectivity index (χ4v) is 1.92. The zero-order chi connectivity index (χ0) is 14.3. The molecule has 1 rings (SSSR count). The molecule has 0 aliphatic carbocycles. The highest BCUT2D eigenvalue weighted by Crippen LogP contribution is 2.11. The lowest BCUT2D eigenvalue weighted by molar-refractivity contribution is -0.137. The Bertz CT molecular complexity index is 445. The standard InChI is InChI=1S/C14H19NO4/c1-2-4-11(9-14(18)19)15-13(17)8-10-5-3-6-12(16)7-10/h3,5-7,11,16H,2,4,8-9H2,1H3,(H,15,17)(H,18,19). The number of amides is 1. The monoisotopic (exact) mass is 265 g/mol. The molecule has 1 aromatic carbocycles. The number of carboxylic acid groups (broad SMARTS) is 1. The number of rotatable bonds is 7. The van der Waals surface area contributed by atoms with Gasteiger partial charge in [0.05, 0.1) is 12.8 Å². The van der Waals surface area contributed by atoms with Crippen molar-refractivity contribution in [3.05, 3.63) is 29.8 Å². The van der Waals surface area contributed by atoms with Gasteiger partial charge in [0.25, 0.3) is 0 Å². The van der Waals surface area contributed by atoms with Crippen molar-refractivity contribution in [2.24, 2.45) is 0 Å². The minimum absolute atomic E-state index is 0.0698. The Morgan fingerprint density at radius 1 is 1.37 bits per heavy atom. The molecule has 0 radical (unpaired) electrons. The molecule has 5 nitrogen and oxygen atoms in total. The predicted octanol–water partition coefficient (Wildman–Crippen LogP) is 1.69. The smallest absolute Gasteiger partial charge is 0.305 e. The first-order valence-corrected chi connectivity index (χ1v) is 6.30. The van der Waals surface area contributed by atoms with Crippen LogP contribution in [-0.4, -0.2) is 28.1 Å². The number of benzene rings is 1. The van der Waals surface area contributed by atoms with Crippen LogP contribution in [0, 0.1) is 0 Å². The van der Waals surface area contributed by atoms with E-state index in [-0.39, 0.29) is 30.5 Å². The highest BCUT2D eigenvalue weighted by atomic mass is 16.4. The molecular formula is C14H19NO4. The third kappa shape index (κ3) is 5.90. The van der Waals surface area contributed by atoms with Gasteiger partial charge in [-0.05, 0) is 24.1 Å². The van der Waals surface area contributed by atoms with Crippen LogP contribution in [0.5, 0.6) is 5.75 Å². The van der Waals surface area contributed by atoms with Crippen molar-refractivity contribution in [2.45, 2.75) is 38.6 Å². The summed E-state index contributed by atoms with van der Waals surface area (Å²) in [6.45, 7) is 1.94. The van der Waals surface area contributed by atoms with Crippen LogP contribution in [0.1, 0.15) is 31.7 Å². The van der Waals surface area contributed by atoms with Crippen molar-refractivity contribution in [3.63, 3.8) is 0 Å². The van der Waals surface area contributed by atoms with Crippen molar-refractivity contribution < 1.29 is 19.8 Å². The Morgan fingerprint density at radius 2 is 2.11 bits per heavy atom. The van der Waals surface area contributed by atoms with Crippen LogP contribution in [0.15, 0.2) is 24.3 Å². The molecule has 1 unspecified atom stereocenters. The molecule has 19 heavy (non-hydrogen) atoms. The molecule has 1 amide bonds. The van der Waals surface area contributed by atoms with E-state index < -0.39 is 5.97 Å². The molecule has 0 aliphatic heterocycles. The first kappa shape index (κ1) is 15.0. The van der Waals surface area contributed by atoms with Crippen LogP contribution in [0.2, 0.25) is 0 Å². The minimum Gasteiger partial charge on any atom is -0.508 e. The second-order valence-electron chi connectivity index (χ2n) is 4.50. The van der Waals surface area contributed by atoms with Gasteiger partial charge in [-0.15, -0.1) is 0 Å². The lowest BCUT2D eigenvalue weighted by Crippen LogP contribution is -2.37. The lowest BCUT2D eigenvalue weighted by Gasteiger charge is -2.16. The molecule has 1 atom stereocenters. The van der Waals surface area contributed by atoms with Crippen LogP contribution in [0.3, 0.4) is 0 Å². The van der Waals surface area contributed by atoms with Gasteiger partial charge < -0.3 is 15.5 Å². The van der Waals surface area contributed by atoms with Crippen LogP contribution in [0.4, 0.5) is 0 Å². The highest BCUT2D eigenvalue weighted by molar-refractivity contribution is 5.79. The van der Waals surface area contributed by atoms with E-state index in [1.807, 2.05) is 6.92 Å². The van der Waals surface area contributed by atoms with Crippen molar-refractivity contribution in [2.75, 3.05) is 0 Å². The van der Waals surface area contributed by atoms with Gasteiger partial charge in [-0.1, -0.05) is 25.5 Å². The average Bonchev–Trinajstić information content (AvgIpc) is 2.27. The number of phenolic OH excluding ortho intramolecular Hbond substituents is 1. The highest BCUT2D eigenvalue weighted by Gasteiger charge is 2.15. The van der Waals surface area contributed by atoms with Gasteiger partial charge in [-0.3, -0.25) is 9.59 Å². The molecule has 0 heterocycles. The Balaban J connectivity index is 2.54. The summed E-state index contributed by atoms with van der Waals surface area (Å²) in [5.74, 6) is -1.04. The zero-order valence-electron chi connectivity index (χ0n) is 10.9. The van der Waals surface area contributed by atoms with E-state index in [1.54, 1.807) is 12.1 Å². The quantitative estimate of drug-likeness (QED) is 0.700. The Morgan fingerprint density at radius 3 is 2.68 bits per heavy atom. The summed E-state index contributed by atoms with van der Waals surface area (Å²) in [6.07, 6.45) is 1.51. The zero-order valence-corrected chi connectivity index (χ0v) is 10.9. The molecule has 0 saturated heterocycles. The van der Waals surface area contributed by atoms with E-state index in [2.05, 4.69) is 5.32 Å². The Kier molecular flexibility index (Phi) is 5.85. The van der Waals surface area contributed by atoms with Gasteiger partial charge >= 0.3 is 5.97 Å². The summed E-state index contributed by atoms with van der Waals surface area (Å²) in [5.41, 5.74) is 0.697. The molecular weight excluding hydrogens is 246 g/mol. The van der Waals surface area contributed by atoms with Crippen LogP contribution >= 0.6 is 0 Å². The molecule has 0 aliphatic rings. The largest absolute Gasteiger partial charge is 0.508 e. The maximum atomic E-state index is 11.8. The molecule has 0 saturated carbocycles. The molecule has 1 aromatic rings. The number of nitrogens with one attached hydrogen (secondary N) is 1. The van der Waals surface area contributed by atoms with Gasteiger partial charge in [0.1, 0.15) is 5.75 Å². The molecule has 104 valence electrons. The second-order valence-corrected chi connectivity index (χ2v) is 4.50. The fraction of sp³-hybridized carbons (Fsp3) is 0.429. The van der Waals surface area contributed by atoms with Gasteiger partial charge in [0.2, 0.25) is 5.91 Å². The van der Waals surface area contributed by atoms with E-state index in [9.17, 15) is 14.7 Å². The third-order valence-corrected chi connectivity index (χ3v) is 2.70. The Hall–Kier alpha value is -2.04. The number of hydrogen-bond donors (Lipinski definition) is 3. The third-order valence-electron chi connectivity index (χ3n) is 2.70. The fourth-order valence-electron chi connectivity index (χ4n) is 1.92. The van der Waals surface area contributed by atoms with Gasteiger partial charge in [0, 0.05) is 6.04 Å². The first-order valence-electron chi connectivity index (χ1n) is 6.30. The maximum Gasteiger partial charge on any atom is 0.305 e. The van der Waals surface area contributed by atoms with E-state index in [0.717, 1.165) is 6.42 Å². The summed E-state index contributed by atoms with van der Waals surface area (Å²) in [6, 6.07) is 6.12. The van der Waals surface area contributed by atoms with Crippen molar-refractivity contribution in [1.82, 2.24) is 5.32 Å². The maximum absolute atomic E-state index is 11.8. The van der Waals surface area contributed by atoms with Crippen LogP contribution in [-0.2, 0) is 16.0 Å².